The van der Waals surface area contributed by atoms with Crippen LogP contribution >= 0.6 is 7.82 Å². The van der Waals surface area contributed by atoms with Crippen LogP contribution in [0.5, 0.6) is 0 Å². The fraction of sp³-hybridized carbons (Fsp3) is 0.750. The summed E-state index contributed by atoms with van der Waals surface area (Å²) in [5, 5.41) is 0. The predicted octanol–water partition coefficient (Wildman–Crippen LogP) is -0.589. The number of ether oxygens (including phenoxy) is 1. The summed E-state index contributed by atoms with van der Waals surface area (Å²) in [6.07, 6.45) is -0.903. The molecule has 1 heterocycles. The molecule has 7 heteroatoms. The Balaban J connectivity index is 2.50. The number of cyclic esters (lactones) is 1. The van der Waals surface area contributed by atoms with Crippen LogP contribution in [0.3, 0.4) is 0 Å². The summed E-state index contributed by atoms with van der Waals surface area (Å²) in [7, 11) is -4.55. The van der Waals surface area contributed by atoms with Crippen LogP contribution in [0.1, 0.15) is 6.42 Å². The summed E-state index contributed by atoms with van der Waals surface area (Å²) in [5.74, 6) is -0.715. The van der Waals surface area contributed by atoms with Crippen LogP contribution in [0.15, 0.2) is 0 Å². The number of phosphoric ester groups is 1. The summed E-state index contributed by atoms with van der Waals surface area (Å²) in [5.41, 5.74) is 0. The predicted molar refractivity (Wildman–Crippen MR) is 32.5 cm³/mol. The van der Waals surface area contributed by atoms with E-state index < -0.39 is 19.9 Å². The molecule has 1 aliphatic rings. The van der Waals surface area contributed by atoms with E-state index in [1.807, 2.05) is 0 Å². The van der Waals surface area contributed by atoms with E-state index in [4.69, 9.17) is 9.79 Å². The first-order chi connectivity index (χ1) is 4.99. The van der Waals surface area contributed by atoms with Crippen LogP contribution in [0.2, 0.25) is 0 Å². The first-order valence-electron chi connectivity index (χ1n) is 2.89. The molecule has 0 aliphatic carbocycles. The second kappa shape index (κ2) is 2.91. The van der Waals surface area contributed by atoms with E-state index in [0.29, 0.717) is 0 Å². The first-order valence-corrected chi connectivity index (χ1v) is 4.42. The maximum absolute atomic E-state index is 10.6. The van der Waals surface area contributed by atoms with Crippen LogP contribution in [0, 0.1) is 0 Å². The summed E-state index contributed by atoms with van der Waals surface area (Å²) in [6, 6.07) is 0. The van der Waals surface area contributed by atoms with E-state index in [9.17, 15) is 9.36 Å². The van der Waals surface area contributed by atoms with Crippen LogP contribution in [0.25, 0.3) is 0 Å². The second-order valence-electron chi connectivity index (χ2n) is 2.04. The highest BCUT2D eigenvalue weighted by atomic mass is 31.2. The molecule has 2 N–H and O–H groups in total. The summed E-state index contributed by atoms with van der Waals surface area (Å²) >= 11 is 0. The van der Waals surface area contributed by atoms with Crippen molar-refractivity contribution < 1.29 is 28.4 Å². The fourth-order valence-corrected chi connectivity index (χ4v) is 1.26. The van der Waals surface area contributed by atoms with Gasteiger partial charge in [0.2, 0.25) is 0 Å². The Labute approximate surface area is 62.4 Å². The van der Waals surface area contributed by atoms with Gasteiger partial charge in [0, 0.05) is 6.42 Å². The standard InChI is InChI=1S/C4H7O6P/c5-4-3(1-2-9-4)10-11(6,7)8/h3H,1-2H2,(H2,6,7,8). The summed E-state index contributed by atoms with van der Waals surface area (Å²) < 4.78 is 18.7. The SMILES string of the molecule is O=C1OCCC1OP(=O)(O)O. The van der Waals surface area contributed by atoms with Crippen molar-refractivity contribution in [3.8, 4) is 0 Å². The number of rotatable bonds is 2. The molecule has 1 fully saturated rings. The average molecular weight is 182 g/mol. The topological polar surface area (TPSA) is 93.1 Å². The lowest BCUT2D eigenvalue weighted by Gasteiger charge is -2.07. The van der Waals surface area contributed by atoms with Gasteiger partial charge in [-0.2, -0.15) is 0 Å². The molecule has 1 saturated heterocycles. The minimum atomic E-state index is -4.55. The van der Waals surface area contributed by atoms with Gasteiger partial charge < -0.3 is 14.5 Å². The Morgan fingerprint density at radius 2 is 2.27 bits per heavy atom. The Morgan fingerprint density at radius 3 is 2.64 bits per heavy atom. The molecular weight excluding hydrogens is 175 g/mol. The third kappa shape index (κ3) is 2.59. The molecule has 0 spiro atoms. The van der Waals surface area contributed by atoms with Gasteiger partial charge in [-0.05, 0) is 0 Å². The van der Waals surface area contributed by atoms with Crippen molar-refractivity contribution in [2.24, 2.45) is 0 Å². The highest BCUT2D eigenvalue weighted by Gasteiger charge is 2.33. The van der Waals surface area contributed by atoms with Crippen molar-refractivity contribution >= 4 is 13.8 Å². The molecule has 0 bridgehead atoms. The highest BCUT2D eigenvalue weighted by molar-refractivity contribution is 7.46. The van der Waals surface area contributed by atoms with Gasteiger partial charge in [0.25, 0.3) is 0 Å². The Hall–Kier alpha value is -0.420. The molecule has 1 unspecified atom stereocenters. The van der Waals surface area contributed by atoms with Crippen molar-refractivity contribution in [1.29, 1.82) is 0 Å². The van der Waals surface area contributed by atoms with Gasteiger partial charge in [-0.1, -0.05) is 0 Å². The van der Waals surface area contributed by atoms with Crippen LogP contribution < -0.4 is 0 Å². The van der Waals surface area contributed by atoms with Crippen LogP contribution in [-0.4, -0.2) is 28.5 Å². The number of hydrogen-bond donors (Lipinski definition) is 2. The first kappa shape index (κ1) is 8.67. The molecule has 0 aromatic heterocycles. The van der Waals surface area contributed by atoms with E-state index in [2.05, 4.69) is 9.26 Å². The fourth-order valence-electron chi connectivity index (χ4n) is 0.739. The maximum Gasteiger partial charge on any atom is 0.470 e. The Kier molecular flexibility index (Phi) is 2.29. The monoisotopic (exact) mass is 182 g/mol. The molecule has 1 aliphatic heterocycles. The normalized spacial score (nSPS) is 25.3. The van der Waals surface area contributed by atoms with Gasteiger partial charge in [0.15, 0.2) is 6.10 Å². The second-order valence-corrected chi connectivity index (χ2v) is 3.23. The minimum Gasteiger partial charge on any atom is -0.464 e. The molecule has 6 nitrogen and oxygen atoms in total. The molecule has 0 saturated carbocycles. The van der Waals surface area contributed by atoms with Crippen molar-refractivity contribution in [2.45, 2.75) is 12.5 Å². The van der Waals surface area contributed by atoms with Crippen molar-refractivity contribution in [1.82, 2.24) is 0 Å². The molecule has 1 atom stereocenters. The van der Waals surface area contributed by atoms with E-state index in [0.717, 1.165) is 0 Å². The largest absolute Gasteiger partial charge is 0.470 e. The Bertz CT molecular complexity index is 207. The van der Waals surface area contributed by atoms with E-state index in [1.165, 1.54) is 0 Å². The number of hydrogen-bond acceptors (Lipinski definition) is 4. The zero-order valence-corrected chi connectivity index (χ0v) is 6.36. The summed E-state index contributed by atoms with van der Waals surface area (Å²) in [4.78, 5) is 27.1. The zero-order chi connectivity index (χ0) is 8.48. The van der Waals surface area contributed by atoms with E-state index in [1.54, 1.807) is 0 Å². The smallest absolute Gasteiger partial charge is 0.464 e. The molecule has 0 radical (unpaired) electrons. The lowest BCUT2D eigenvalue weighted by Crippen LogP contribution is -2.16. The number of phosphoric acid groups is 1. The molecule has 11 heavy (non-hydrogen) atoms. The molecule has 0 aromatic carbocycles. The minimum absolute atomic E-state index is 0.156. The van der Waals surface area contributed by atoms with Crippen molar-refractivity contribution in [3.63, 3.8) is 0 Å². The number of esters is 1. The number of carbonyl (C=O) groups is 1. The Morgan fingerprint density at radius 1 is 1.64 bits per heavy atom. The molecule has 0 aromatic rings. The highest BCUT2D eigenvalue weighted by Crippen LogP contribution is 2.39. The van der Waals surface area contributed by atoms with E-state index >= 15 is 0 Å². The van der Waals surface area contributed by atoms with Gasteiger partial charge in [0.05, 0.1) is 6.61 Å². The van der Waals surface area contributed by atoms with E-state index in [-0.39, 0.29) is 13.0 Å². The molecule has 0 amide bonds. The van der Waals surface area contributed by atoms with Gasteiger partial charge >= 0.3 is 13.8 Å². The third-order valence-corrected chi connectivity index (χ3v) is 1.68. The average Bonchev–Trinajstić information content (AvgIpc) is 2.12. The maximum atomic E-state index is 10.6. The van der Waals surface area contributed by atoms with Crippen molar-refractivity contribution in [2.75, 3.05) is 6.61 Å². The van der Waals surface area contributed by atoms with Crippen molar-refractivity contribution in [3.05, 3.63) is 0 Å². The van der Waals surface area contributed by atoms with Gasteiger partial charge in [-0.25, -0.2) is 9.36 Å². The lowest BCUT2D eigenvalue weighted by molar-refractivity contribution is -0.144. The van der Waals surface area contributed by atoms with Gasteiger partial charge in [-0.3, -0.25) is 4.52 Å². The van der Waals surface area contributed by atoms with Crippen LogP contribution in [-0.2, 0) is 18.6 Å². The summed E-state index contributed by atoms with van der Waals surface area (Å²) in [6.45, 7) is 0.156. The van der Waals surface area contributed by atoms with Gasteiger partial charge in [0.1, 0.15) is 0 Å². The quantitative estimate of drug-likeness (QED) is 0.438. The third-order valence-electron chi connectivity index (χ3n) is 1.15. The molecular formula is C4H7O6P. The zero-order valence-electron chi connectivity index (χ0n) is 5.47. The lowest BCUT2D eigenvalue weighted by atomic mass is 10.3. The molecule has 64 valence electrons. The number of carbonyl (C=O) groups excluding carboxylic acids is 1. The van der Waals surface area contributed by atoms with Gasteiger partial charge in [-0.15, -0.1) is 0 Å². The van der Waals surface area contributed by atoms with Crippen LogP contribution in [0.4, 0.5) is 0 Å². The molecule has 1 rings (SSSR count).